The van der Waals surface area contributed by atoms with Crippen molar-refractivity contribution in [2.75, 3.05) is 11.9 Å². The highest BCUT2D eigenvalue weighted by Gasteiger charge is 2.14. The molecular weight excluding hydrogens is 304 g/mol. The average Bonchev–Trinajstić information content (AvgIpc) is 2.53. The Kier molecular flexibility index (Phi) is 4.88. The fourth-order valence-electron chi connectivity index (χ4n) is 1.76. The molecule has 0 radical (unpaired) electrons. The Morgan fingerprint density at radius 2 is 1.74 bits per heavy atom. The summed E-state index contributed by atoms with van der Waals surface area (Å²) in [5.74, 6) is -1.87. The van der Waals surface area contributed by atoms with Crippen LogP contribution in [0.5, 0.6) is 5.75 Å². The van der Waals surface area contributed by atoms with Crippen molar-refractivity contribution in [3.05, 3.63) is 64.2 Å². The maximum absolute atomic E-state index is 11.8. The monoisotopic (exact) mass is 315 g/mol. The molecule has 0 saturated carbocycles. The number of carboxylic acids is 1. The second-order valence-electron chi connectivity index (χ2n) is 4.43. The molecule has 0 atom stereocenters. The normalized spacial score (nSPS) is 9.91. The topological polar surface area (TPSA) is 122 Å². The molecule has 0 heterocycles. The fraction of sp³-hybridized carbons (Fsp3) is 0.0667. The molecular formula is C15H11N2O6-. The largest absolute Gasteiger partial charge is 0.545 e. The van der Waals surface area contributed by atoms with E-state index >= 15 is 0 Å². The number of para-hydroxylation sites is 2. The van der Waals surface area contributed by atoms with Crippen molar-refractivity contribution in [2.45, 2.75) is 0 Å². The van der Waals surface area contributed by atoms with Gasteiger partial charge in [0.05, 0.1) is 10.9 Å². The maximum Gasteiger partial charge on any atom is 0.310 e. The Bertz CT molecular complexity index is 742. The van der Waals surface area contributed by atoms with Gasteiger partial charge in [-0.3, -0.25) is 14.9 Å². The van der Waals surface area contributed by atoms with Crippen molar-refractivity contribution in [3.63, 3.8) is 0 Å². The van der Waals surface area contributed by atoms with Crippen LogP contribution >= 0.6 is 0 Å². The van der Waals surface area contributed by atoms with Gasteiger partial charge in [-0.05, 0) is 23.8 Å². The molecule has 2 aromatic rings. The Morgan fingerprint density at radius 3 is 2.35 bits per heavy atom. The van der Waals surface area contributed by atoms with Crippen LogP contribution in [-0.2, 0) is 4.79 Å². The molecule has 0 aliphatic heterocycles. The number of ether oxygens (including phenoxy) is 1. The van der Waals surface area contributed by atoms with Crippen LogP contribution in [0.3, 0.4) is 0 Å². The molecule has 0 unspecified atom stereocenters. The van der Waals surface area contributed by atoms with Crippen molar-refractivity contribution in [1.29, 1.82) is 0 Å². The summed E-state index contributed by atoms with van der Waals surface area (Å²) in [5.41, 5.74) is 0.115. The number of amides is 1. The first kappa shape index (κ1) is 16.0. The zero-order valence-corrected chi connectivity index (χ0v) is 11.7. The number of aromatic carboxylic acids is 1. The van der Waals surface area contributed by atoms with Crippen molar-refractivity contribution in [2.24, 2.45) is 0 Å². The van der Waals surface area contributed by atoms with Gasteiger partial charge in [-0.25, -0.2) is 0 Å². The minimum Gasteiger partial charge on any atom is -0.545 e. The number of nitro benzene ring substituents is 1. The summed E-state index contributed by atoms with van der Waals surface area (Å²) in [4.78, 5) is 32.6. The van der Waals surface area contributed by atoms with Gasteiger partial charge in [-0.2, -0.15) is 0 Å². The minimum absolute atomic E-state index is 0.0139. The number of carboxylic acid groups (broad SMARTS) is 1. The molecule has 23 heavy (non-hydrogen) atoms. The van der Waals surface area contributed by atoms with E-state index in [1.165, 1.54) is 42.5 Å². The van der Waals surface area contributed by atoms with E-state index in [9.17, 15) is 24.8 Å². The first-order valence-corrected chi connectivity index (χ1v) is 6.45. The van der Waals surface area contributed by atoms with Crippen LogP contribution in [0.4, 0.5) is 11.4 Å². The van der Waals surface area contributed by atoms with Gasteiger partial charge in [0.25, 0.3) is 5.91 Å². The lowest BCUT2D eigenvalue weighted by molar-refractivity contribution is -0.385. The highest BCUT2D eigenvalue weighted by Crippen LogP contribution is 2.25. The Hall–Kier alpha value is -3.42. The van der Waals surface area contributed by atoms with E-state index < -0.39 is 23.4 Å². The van der Waals surface area contributed by atoms with Crippen LogP contribution < -0.4 is 15.2 Å². The summed E-state index contributed by atoms with van der Waals surface area (Å²) in [7, 11) is 0. The number of anilines is 1. The fourth-order valence-corrected chi connectivity index (χ4v) is 1.76. The maximum atomic E-state index is 11.8. The molecule has 0 saturated heterocycles. The minimum atomic E-state index is -1.32. The summed E-state index contributed by atoms with van der Waals surface area (Å²) >= 11 is 0. The molecule has 1 amide bonds. The summed E-state index contributed by atoms with van der Waals surface area (Å²) in [6.45, 7) is -0.424. The molecule has 0 spiro atoms. The predicted octanol–water partition coefficient (Wildman–Crippen LogP) is 0.976. The van der Waals surface area contributed by atoms with Gasteiger partial charge in [-0.1, -0.05) is 24.3 Å². The second kappa shape index (κ2) is 7.03. The number of carbonyl (C=O) groups is 2. The third-order valence-corrected chi connectivity index (χ3v) is 2.83. The average molecular weight is 315 g/mol. The van der Waals surface area contributed by atoms with Crippen LogP contribution in [0.15, 0.2) is 48.5 Å². The second-order valence-corrected chi connectivity index (χ2v) is 4.43. The zero-order valence-electron chi connectivity index (χ0n) is 11.7. The van der Waals surface area contributed by atoms with Gasteiger partial charge in [0.1, 0.15) is 0 Å². The molecule has 1 N–H and O–H groups in total. The number of nitrogens with one attached hydrogen (secondary N) is 1. The van der Waals surface area contributed by atoms with Gasteiger partial charge in [-0.15, -0.1) is 0 Å². The summed E-state index contributed by atoms with van der Waals surface area (Å²) in [6.07, 6.45) is 0. The van der Waals surface area contributed by atoms with Crippen molar-refractivity contribution in [3.8, 4) is 5.75 Å². The lowest BCUT2D eigenvalue weighted by Gasteiger charge is -2.08. The van der Waals surface area contributed by atoms with Gasteiger partial charge in [0, 0.05) is 11.8 Å². The molecule has 118 valence electrons. The third-order valence-electron chi connectivity index (χ3n) is 2.83. The highest BCUT2D eigenvalue weighted by molar-refractivity contribution is 5.93. The molecule has 0 aliphatic carbocycles. The van der Waals surface area contributed by atoms with Gasteiger partial charge in [0.15, 0.2) is 12.4 Å². The smallest absolute Gasteiger partial charge is 0.310 e. The van der Waals surface area contributed by atoms with Crippen LogP contribution in [0.2, 0.25) is 0 Å². The van der Waals surface area contributed by atoms with Crippen LogP contribution in [0.25, 0.3) is 0 Å². The highest BCUT2D eigenvalue weighted by atomic mass is 16.6. The molecule has 8 nitrogen and oxygen atoms in total. The quantitative estimate of drug-likeness (QED) is 0.626. The lowest BCUT2D eigenvalue weighted by atomic mass is 10.2. The molecule has 2 aromatic carbocycles. The molecule has 0 fully saturated rings. The molecule has 2 rings (SSSR count). The summed E-state index contributed by atoms with van der Waals surface area (Å²) in [6, 6.07) is 11.1. The van der Waals surface area contributed by atoms with Crippen molar-refractivity contribution < 1.29 is 24.4 Å². The summed E-state index contributed by atoms with van der Waals surface area (Å²) in [5, 5.41) is 23.9. The number of carbonyl (C=O) groups excluding carboxylic acids is 2. The first-order valence-electron chi connectivity index (χ1n) is 6.45. The number of nitro groups is 1. The van der Waals surface area contributed by atoms with Crippen LogP contribution in [-0.4, -0.2) is 23.4 Å². The molecule has 0 aliphatic rings. The number of nitrogens with zero attached hydrogens (tertiary/aromatic N) is 1. The third kappa shape index (κ3) is 4.27. The lowest BCUT2D eigenvalue weighted by Crippen LogP contribution is -2.22. The molecule has 0 aromatic heterocycles. The van der Waals surface area contributed by atoms with E-state index in [4.69, 9.17) is 4.74 Å². The van der Waals surface area contributed by atoms with E-state index in [1.54, 1.807) is 6.07 Å². The van der Waals surface area contributed by atoms with Gasteiger partial charge >= 0.3 is 5.69 Å². The Morgan fingerprint density at radius 1 is 1.09 bits per heavy atom. The van der Waals surface area contributed by atoms with Crippen LogP contribution in [0, 0.1) is 10.1 Å². The van der Waals surface area contributed by atoms with Gasteiger partial charge < -0.3 is 20.0 Å². The van der Waals surface area contributed by atoms with Crippen molar-refractivity contribution >= 4 is 23.3 Å². The number of benzene rings is 2. The number of hydrogen-bond acceptors (Lipinski definition) is 6. The molecule has 8 heteroatoms. The summed E-state index contributed by atoms with van der Waals surface area (Å²) < 4.78 is 5.14. The van der Waals surface area contributed by atoms with E-state index in [-0.39, 0.29) is 17.0 Å². The van der Waals surface area contributed by atoms with E-state index in [0.717, 1.165) is 0 Å². The SMILES string of the molecule is O=C(COc1ccccc1[N+](=O)[O-])Nc1ccc(C(=O)[O-])cc1. The molecule has 0 bridgehead atoms. The first-order chi connectivity index (χ1) is 11.0. The van der Waals surface area contributed by atoms with E-state index in [1.807, 2.05) is 0 Å². The van der Waals surface area contributed by atoms with E-state index in [2.05, 4.69) is 5.32 Å². The van der Waals surface area contributed by atoms with Crippen molar-refractivity contribution in [1.82, 2.24) is 0 Å². The number of hydrogen-bond donors (Lipinski definition) is 1. The Labute approximate surface area is 130 Å². The standard InChI is InChI=1S/C15H12N2O6/c18-14(16-11-7-5-10(6-8-11)15(19)20)9-23-13-4-2-1-3-12(13)17(21)22/h1-8H,9H2,(H,16,18)(H,19,20)/p-1. The Balaban J connectivity index is 1.95. The predicted molar refractivity (Wildman–Crippen MR) is 78.0 cm³/mol. The number of rotatable bonds is 6. The van der Waals surface area contributed by atoms with Gasteiger partial charge in [0.2, 0.25) is 0 Å². The van der Waals surface area contributed by atoms with Crippen LogP contribution in [0.1, 0.15) is 10.4 Å². The van der Waals surface area contributed by atoms with E-state index in [0.29, 0.717) is 5.69 Å². The zero-order chi connectivity index (χ0) is 16.8.